The second-order valence-electron chi connectivity index (χ2n) is 4.99. The average Bonchev–Trinajstić information content (AvgIpc) is 2.79. The number of fused-ring (bicyclic) bond motifs is 1. The SMILES string of the molecule is O=C1CC(CCl)CN1Cc1ccc2ccccc2n1. The highest BCUT2D eigenvalue weighted by atomic mass is 35.5. The molecule has 0 radical (unpaired) electrons. The molecule has 2 aromatic rings. The average molecular weight is 275 g/mol. The van der Waals surface area contributed by atoms with Gasteiger partial charge in [-0.25, -0.2) is 0 Å². The van der Waals surface area contributed by atoms with Crippen molar-refractivity contribution in [3.05, 3.63) is 42.1 Å². The van der Waals surface area contributed by atoms with E-state index < -0.39 is 0 Å². The maximum atomic E-state index is 11.9. The Morgan fingerprint density at radius 3 is 2.89 bits per heavy atom. The lowest BCUT2D eigenvalue weighted by Gasteiger charge is -2.15. The van der Waals surface area contributed by atoms with Gasteiger partial charge in [-0.2, -0.15) is 0 Å². The zero-order valence-corrected chi connectivity index (χ0v) is 11.3. The largest absolute Gasteiger partial charge is 0.336 e. The minimum Gasteiger partial charge on any atom is -0.336 e. The molecule has 0 spiro atoms. The lowest BCUT2D eigenvalue weighted by atomic mass is 10.1. The topological polar surface area (TPSA) is 33.2 Å². The van der Waals surface area contributed by atoms with Crippen LogP contribution in [-0.4, -0.2) is 28.2 Å². The molecular formula is C15H15ClN2O. The third kappa shape index (κ3) is 2.56. The number of alkyl halides is 1. The van der Waals surface area contributed by atoms with Gasteiger partial charge in [-0.1, -0.05) is 24.3 Å². The molecule has 1 atom stereocenters. The van der Waals surface area contributed by atoms with Crippen molar-refractivity contribution < 1.29 is 4.79 Å². The second kappa shape index (κ2) is 5.17. The summed E-state index contributed by atoms with van der Waals surface area (Å²) >= 11 is 5.83. The third-order valence-corrected chi connectivity index (χ3v) is 3.96. The fourth-order valence-corrected chi connectivity index (χ4v) is 2.71. The van der Waals surface area contributed by atoms with Crippen LogP contribution >= 0.6 is 11.6 Å². The van der Waals surface area contributed by atoms with Gasteiger partial charge in [0.2, 0.25) is 5.91 Å². The summed E-state index contributed by atoms with van der Waals surface area (Å²) in [5.74, 6) is 1.02. The molecule has 1 aliphatic heterocycles. The number of halogens is 1. The van der Waals surface area contributed by atoms with Crippen LogP contribution in [0.4, 0.5) is 0 Å². The van der Waals surface area contributed by atoms with Gasteiger partial charge < -0.3 is 4.90 Å². The van der Waals surface area contributed by atoms with Crippen molar-refractivity contribution in [1.29, 1.82) is 0 Å². The van der Waals surface area contributed by atoms with Gasteiger partial charge in [0.05, 0.1) is 17.8 Å². The quantitative estimate of drug-likeness (QED) is 0.807. The molecule has 0 N–H and O–H groups in total. The number of aromatic nitrogens is 1. The van der Waals surface area contributed by atoms with E-state index in [0.29, 0.717) is 18.8 Å². The number of hydrogen-bond donors (Lipinski definition) is 0. The van der Waals surface area contributed by atoms with E-state index in [1.807, 2.05) is 35.2 Å². The van der Waals surface area contributed by atoms with E-state index in [-0.39, 0.29) is 11.8 Å². The van der Waals surface area contributed by atoms with E-state index in [4.69, 9.17) is 11.6 Å². The van der Waals surface area contributed by atoms with E-state index >= 15 is 0 Å². The number of benzene rings is 1. The fraction of sp³-hybridized carbons (Fsp3) is 0.333. The van der Waals surface area contributed by atoms with Crippen molar-refractivity contribution in [3.8, 4) is 0 Å². The number of carbonyl (C=O) groups is 1. The molecule has 1 aromatic carbocycles. The van der Waals surface area contributed by atoms with Crippen molar-refractivity contribution in [1.82, 2.24) is 9.88 Å². The van der Waals surface area contributed by atoms with Crippen molar-refractivity contribution in [3.63, 3.8) is 0 Å². The zero-order chi connectivity index (χ0) is 13.2. The summed E-state index contributed by atoms with van der Waals surface area (Å²) in [5.41, 5.74) is 1.91. The highest BCUT2D eigenvalue weighted by molar-refractivity contribution is 6.18. The molecule has 0 saturated carbocycles. The van der Waals surface area contributed by atoms with Crippen LogP contribution in [0.3, 0.4) is 0 Å². The Balaban J connectivity index is 1.80. The van der Waals surface area contributed by atoms with E-state index in [1.54, 1.807) is 0 Å². The molecule has 19 heavy (non-hydrogen) atoms. The standard InChI is InChI=1S/C15H15ClN2O/c16-8-11-7-15(19)18(9-11)10-13-6-5-12-3-1-2-4-14(12)17-13/h1-6,11H,7-10H2. The first-order valence-corrected chi connectivity index (χ1v) is 6.98. The monoisotopic (exact) mass is 274 g/mol. The maximum Gasteiger partial charge on any atom is 0.223 e. The van der Waals surface area contributed by atoms with Crippen molar-refractivity contribution in [2.45, 2.75) is 13.0 Å². The Morgan fingerprint density at radius 2 is 2.11 bits per heavy atom. The van der Waals surface area contributed by atoms with Gasteiger partial charge >= 0.3 is 0 Å². The normalized spacial score (nSPS) is 19.3. The Hall–Kier alpha value is -1.61. The van der Waals surface area contributed by atoms with Gasteiger partial charge in [-0.05, 0) is 18.1 Å². The predicted octanol–water partition coefficient (Wildman–Crippen LogP) is 2.82. The van der Waals surface area contributed by atoms with Crippen LogP contribution < -0.4 is 0 Å². The summed E-state index contributed by atoms with van der Waals surface area (Å²) in [4.78, 5) is 18.3. The molecule has 4 heteroatoms. The minimum atomic E-state index is 0.181. The molecule has 1 fully saturated rings. The van der Waals surface area contributed by atoms with Gasteiger partial charge in [-0.15, -0.1) is 11.6 Å². The summed E-state index contributed by atoms with van der Waals surface area (Å²) in [5, 5.41) is 1.12. The van der Waals surface area contributed by atoms with E-state index in [1.165, 1.54) is 0 Å². The molecule has 3 rings (SSSR count). The number of hydrogen-bond acceptors (Lipinski definition) is 2. The first-order valence-electron chi connectivity index (χ1n) is 6.44. The third-order valence-electron chi connectivity index (χ3n) is 3.52. The molecule has 1 aliphatic rings. The summed E-state index contributed by atoms with van der Waals surface area (Å²) in [6, 6.07) is 12.0. The van der Waals surface area contributed by atoms with Gasteiger partial charge in [-0.3, -0.25) is 9.78 Å². The molecule has 1 saturated heterocycles. The summed E-state index contributed by atoms with van der Waals surface area (Å²) in [7, 11) is 0. The molecule has 3 nitrogen and oxygen atoms in total. The van der Waals surface area contributed by atoms with E-state index in [0.717, 1.165) is 23.1 Å². The number of nitrogens with zero attached hydrogens (tertiary/aromatic N) is 2. The number of para-hydroxylation sites is 1. The van der Waals surface area contributed by atoms with Crippen LogP contribution in [0.2, 0.25) is 0 Å². The van der Waals surface area contributed by atoms with Crippen molar-refractivity contribution >= 4 is 28.4 Å². The molecule has 1 amide bonds. The van der Waals surface area contributed by atoms with Crippen LogP contribution in [-0.2, 0) is 11.3 Å². The summed E-state index contributed by atoms with van der Waals surface area (Å²) in [6.45, 7) is 1.33. The number of amides is 1. The maximum absolute atomic E-state index is 11.9. The summed E-state index contributed by atoms with van der Waals surface area (Å²) < 4.78 is 0. The molecule has 0 bridgehead atoms. The van der Waals surface area contributed by atoms with E-state index in [9.17, 15) is 4.79 Å². The summed E-state index contributed by atoms with van der Waals surface area (Å²) in [6.07, 6.45) is 0.567. The van der Waals surface area contributed by atoms with Gasteiger partial charge in [0.1, 0.15) is 0 Å². The van der Waals surface area contributed by atoms with Crippen LogP contribution in [0.25, 0.3) is 10.9 Å². The second-order valence-corrected chi connectivity index (χ2v) is 5.30. The smallest absolute Gasteiger partial charge is 0.223 e. The van der Waals surface area contributed by atoms with Gasteiger partial charge in [0, 0.05) is 24.2 Å². The highest BCUT2D eigenvalue weighted by Gasteiger charge is 2.28. The number of pyridine rings is 1. The lowest BCUT2D eigenvalue weighted by Crippen LogP contribution is -2.25. The Morgan fingerprint density at radius 1 is 1.26 bits per heavy atom. The van der Waals surface area contributed by atoms with Crippen LogP contribution in [0.1, 0.15) is 12.1 Å². The highest BCUT2D eigenvalue weighted by Crippen LogP contribution is 2.21. The molecule has 0 aliphatic carbocycles. The van der Waals surface area contributed by atoms with Crippen molar-refractivity contribution in [2.24, 2.45) is 5.92 Å². The Bertz CT molecular complexity index is 614. The van der Waals surface area contributed by atoms with Crippen LogP contribution in [0.5, 0.6) is 0 Å². The van der Waals surface area contributed by atoms with Crippen molar-refractivity contribution in [2.75, 3.05) is 12.4 Å². The minimum absolute atomic E-state index is 0.181. The Labute approximate surface area is 117 Å². The first kappa shape index (κ1) is 12.4. The lowest BCUT2D eigenvalue weighted by molar-refractivity contribution is -0.128. The zero-order valence-electron chi connectivity index (χ0n) is 10.6. The molecule has 2 heterocycles. The number of rotatable bonds is 3. The van der Waals surface area contributed by atoms with Gasteiger partial charge in [0.15, 0.2) is 0 Å². The van der Waals surface area contributed by atoms with Crippen LogP contribution in [0.15, 0.2) is 36.4 Å². The van der Waals surface area contributed by atoms with E-state index in [2.05, 4.69) is 11.1 Å². The molecule has 1 aromatic heterocycles. The Kier molecular flexibility index (Phi) is 3.38. The molecule has 98 valence electrons. The molecular weight excluding hydrogens is 260 g/mol. The number of likely N-dealkylation sites (tertiary alicyclic amines) is 1. The first-order chi connectivity index (χ1) is 9.26. The number of carbonyl (C=O) groups excluding carboxylic acids is 1. The molecule has 1 unspecified atom stereocenters. The predicted molar refractivity (Wildman–Crippen MR) is 76.0 cm³/mol. The fourth-order valence-electron chi connectivity index (χ4n) is 2.50. The van der Waals surface area contributed by atoms with Crippen LogP contribution in [0, 0.1) is 5.92 Å². The van der Waals surface area contributed by atoms with Gasteiger partial charge in [0.25, 0.3) is 0 Å².